The minimum absolute atomic E-state index is 1.06. The first-order chi connectivity index (χ1) is 13.4. The first kappa shape index (κ1) is 26.3. The Morgan fingerprint density at radius 1 is 0.786 bits per heavy atom. The van der Waals surface area contributed by atoms with Crippen molar-refractivity contribution in [2.24, 2.45) is 0 Å². The summed E-state index contributed by atoms with van der Waals surface area (Å²) >= 11 is -2.24. The van der Waals surface area contributed by atoms with Crippen molar-refractivity contribution in [2.75, 3.05) is 19.6 Å². The Morgan fingerprint density at radius 2 is 1.21 bits per heavy atom. The Labute approximate surface area is 182 Å². The summed E-state index contributed by atoms with van der Waals surface area (Å²) in [6, 6.07) is 0. The number of unbranched alkanes of at least 4 members (excludes halogenated alkanes) is 3. The SMILES string of the molecule is CCC[CH2][Sn]([CH2]CCC)([CH2]CCC)[C@H]1CCC[N+]1(CC=C(C)C)CC=C(C)C. The summed E-state index contributed by atoms with van der Waals surface area (Å²) in [5.74, 6) is 0. The summed E-state index contributed by atoms with van der Waals surface area (Å²) in [4.78, 5) is 0. The van der Waals surface area contributed by atoms with Gasteiger partial charge in [0, 0.05) is 0 Å². The summed E-state index contributed by atoms with van der Waals surface area (Å²) in [6.07, 6.45) is 16.9. The molecule has 0 bridgehead atoms. The van der Waals surface area contributed by atoms with Crippen molar-refractivity contribution in [2.45, 2.75) is 117 Å². The molecule has 0 amide bonds. The van der Waals surface area contributed by atoms with E-state index in [1.165, 1.54) is 80.2 Å². The quantitative estimate of drug-likeness (QED) is 0.129. The van der Waals surface area contributed by atoms with Gasteiger partial charge in [-0.3, -0.25) is 0 Å². The van der Waals surface area contributed by atoms with Gasteiger partial charge in [0.2, 0.25) is 0 Å². The Hall–Kier alpha value is 0.239. The molecule has 0 unspecified atom stereocenters. The molecule has 1 fully saturated rings. The molecule has 1 saturated heterocycles. The van der Waals surface area contributed by atoms with Crippen LogP contribution >= 0.6 is 0 Å². The summed E-state index contributed by atoms with van der Waals surface area (Å²) in [5, 5.41) is 0. The number of nitrogens with zero attached hydrogens (tertiary/aromatic N) is 1. The maximum absolute atomic E-state index is 2.58. The van der Waals surface area contributed by atoms with E-state index in [2.05, 4.69) is 60.6 Å². The predicted molar refractivity (Wildman–Crippen MR) is 132 cm³/mol. The fourth-order valence-electron chi connectivity index (χ4n) is 5.62. The van der Waals surface area contributed by atoms with Gasteiger partial charge < -0.3 is 0 Å². The molecule has 0 aliphatic carbocycles. The van der Waals surface area contributed by atoms with E-state index < -0.39 is 18.4 Å². The van der Waals surface area contributed by atoms with Crippen LogP contribution in [0.25, 0.3) is 0 Å². The van der Waals surface area contributed by atoms with Crippen LogP contribution in [-0.4, -0.2) is 46.6 Å². The van der Waals surface area contributed by atoms with E-state index in [0.717, 1.165) is 4.06 Å². The predicted octanol–water partition coefficient (Wildman–Crippen LogP) is 8.29. The van der Waals surface area contributed by atoms with Crippen molar-refractivity contribution in [3.05, 3.63) is 23.3 Å². The number of hydrogen-bond acceptors (Lipinski definition) is 0. The topological polar surface area (TPSA) is 0 Å². The molecule has 0 N–H and O–H groups in total. The van der Waals surface area contributed by atoms with Gasteiger partial charge in [0.25, 0.3) is 0 Å². The van der Waals surface area contributed by atoms with Crippen molar-refractivity contribution < 1.29 is 4.48 Å². The Morgan fingerprint density at radius 3 is 1.57 bits per heavy atom. The molecule has 0 saturated carbocycles. The van der Waals surface area contributed by atoms with Crippen LogP contribution in [0.15, 0.2) is 23.3 Å². The van der Waals surface area contributed by atoms with E-state index in [1.54, 1.807) is 19.7 Å². The second-order valence-electron chi connectivity index (χ2n) is 10.2. The van der Waals surface area contributed by atoms with Crippen molar-refractivity contribution in [3.63, 3.8) is 0 Å². The van der Waals surface area contributed by atoms with Crippen LogP contribution in [-0.2, 0) is 0 Å². The van der Waals surface area contributed by atoms with Crippen LogP contribution in [0.5, 0.6) is 0 Å². The molecule has 1 aliphatic heterocycles. The molecular formula is C26H52NSn+. The third-order valence-electron chi connectivity index (χ3n) is 7.26. The normalized spacial score (nSPS) is 18.9. The molecule has 1 heterocycles. The van der Waals surface area contributed by atoms with Crippen molar-refractivity contribution >= 4 is 18.4 Å². The zero-order chi connectivity index (χ0) is 21.0. The zero-order valence-electron chi connectivity index (χ0n) is 20.6. The summed E-state index contributed by atoms with van der Waals surface area (Å²) in [6.45, 7) is 20.4. The van der Waals surface area contributed by atoms with Crippen molar-refractivity contribution in [1.29, 1.82) is 0 Å². The fraction of sp³-hybridized carbons (Fsp3) is 0.846. The molecule has 0 aromatic carbocycles. The van der Waals surface area contributed by atoms with Crippen molar-refractivity contribution in [1.82, 2.24) is 0 Å². The van der Waals surface area contributed by atoms with Gasteiger partial charge in [-0.1, -0.05) is 0 Å². The molecule has 0 aromatic rings. The van der Waals surface area contributed by atoms with E-state index in [1.807, 2.05) is 0 Å². The minimum atomic E-state index is -2.24. The summed E-state index contributed by atoms with van der Waals surface area (Å²) in [7, 11) is 0. The summed E-state index contributed by atoms with van der Waals surface area (Å²) in [5.41, 5.74) is 3.02. The van der Waals surface area contributed by atoms with E-state index in [9.17, 15) is 0 Å². The monoisotopic (exact) mass is 498 g/mol. The molecule has 0 spiro atoms. The molecule has 2 heteroatoms. The van der Waals surface area contributed by atoms with Crippen LogP contribution in [0, 0.1) is 0 Å². The van der Waals surface area contributed by atoms with Gasteiger partial charge in [0.1, 0.15) is 0 Å². The van der Waals surface area contributed by atoms with Gasteiger partial charge >= 0.3 is 183 Å². The molecular weight excluding hydrogens is 445 g/mol. The van der Waals surface area contributed by atoms with E-state index in [4.69, 9.17) is 0 Å². The molecule has 164 valence electrons. The van der Waals surface area contributed by atoms with Gasteiger partial charge in [-0.25, -0.2) is 0 Å². The van der Waals surface area contributed by atoms with E-state index in [0.29, 0.717) is 0 Å². The molecule has 1 nitrogen and oxygen atoms in total. The Balaban J connectivity index is 3.35. The molecule has 1 atom stereocenters. The second-order valence-corrected chi connectivity index (χ2v) is 24.2. The zero-order valence-corrected chi connectivity index (χ0v) is 23.4. The number of likely N-dealkylation sites (tertiary alicyclic amines) is 1. The van der Waals surface area contributed by atoms with Gasteiger partial charge in [0.05, 0.1) is 0 Å². The fourth-order valence-corrected chi connectivity index (χ4v) is 26.3. The van der Waals surface area contributed by atoms with Crippen LogP contribution < -0.4 is 0 Å². The van der Waals surface area contributed by atoms with Gasteiger partial charge in [-0.05, 0) is 0 Å². The van der Waals surface area contributed by atoms with E-state index >= 15 is 0 Å². The third kappa shape index (κ3) is 7.82. The van der Waals surface area contributed by atoms with Crippen LogP contribution in [0.1, 0.15) is 99.8 Å². The van der Waals surface area contributed by atoms with Crippen LogP contribution in [0.4, 0.5) is 0 Å². The number of rotatable bonds is 14. The molecule has 0 aromatic heterocycles. The van der Waals surface area contributed by atoms with E-state index in [-0.39, 0.29) is 0 Å². The molecule has 0 radical (unpaired) electrons. The molecule has 1 aliphatic rings. The Kier molecular flexibility index (Phi) is 12.7. The van der Waals surface area contributed by atoms with Gasteiger partial charge in [0.15, 0.2) is 0 Å². The third-order valence-corrected chi connectivity index (χ3v) is 25.2. The number of hydrogen-bond donors (Lipinski definition) is 0. The first-order valence-electron chi connectivity index (χ1n) is 12.5. The van der Waals surface area contributed by atoms with Crippen LogP contribution in [0.2, 0.25) is 13.3 Å². The first-order valence-corrected chi connectivity index (χ1v) is 20.2. The molecule has 28 heavy (non-hydrogen) atoms. The van der Waals surface area contributed by atoms with Crippen molar-refractivity contribution in [3.8, 4) is 0 Å². The average molecular weight is 497 g/mol. The Bertz CT molecular complexity index is 441. The van der Waals surface area contributed by atoms with Gasteiger partial charge in [-0.15, -0.1) is 0 Å². The maximum atomic E-state index is 2.58. The second kappa shape index (κ2) is 13.5. The average Bonchev–Trinajstić information content (AvgIpc) is 3.09. The standard InChI is InChI=1S/C14H25N.3C4H9.Sn/c1-13(2)7-11-15(9-5-6-10-15)12-8-14(3)4;3*1-3-4-2;/h7-9H,5-6,10-12H2,1-4H3;3*1,3-4H2,2H3;/q+1;;;;. The summed E-state index contributed by atoms with van der Waals surface area (Å²) < 4.78 is 7.48. The number of quaternary nitrogens is 1. The van der Waals surface area contributed by atoms with Crippen LogP contribution in [0.3, 0.4) is 0 Å². The number of allylic oxidation sites excluding steroid dienone is 2. The van der Waals surface area contributed by atoms with Gasteiger partial charge in [-0.2, -0.15) is 0 Å². The molecule has 1 rings (SSSR count).